The molecule has 2 rings (SSSR count). The molecule has 5 nitrogen and oxygen atoms in total. The van der Waals surface area contributed by atoms with Crippen molar-refractivity contribution in [3.63, 3.8) is 0 Å². The predicted octanol–water partition coefficient (Wildman–Crippen LogP) is 2.23. The molecule has 0 radical (unpaired) electrons. The van der Waals surface area contributed by atoms with Crippen molar-refractivity contribution in [3.8, 4) is 11.1 Å². The Balaban J connectivity index is 2.16. The molecule has 0 saturated carbocycles. The van der Waals surface area contributed by atoms with Gasteiger partial charge in [0, 0.05) is 24.3 Å². The lowest BCUT2D eigenvalue weighted by atomic mass is 9.96. The Morgan fingerprint density at radius 2 is 1.48 bits per heavy atom. The van der Waals surface area contributed by atoms with E-state index >= 15 is 0 Å². The number of aliphatic hydroxyl groups excluding tert-OH is 1. The van der Waals surface area contributed by atoms with Crippen LogP contribution in [0.15, 0.2) is 53.4 Å². The highest BCUT2D eigenvalue weighted by molar-refractivity contribution is 7.89. The van der Waals surface area contributed by atoms with Gasteiger partial charge in [0.1, 0.15) is 0 Å². The Hall–Kier alpha value is -1.89. The molecule has 0 fully saturated rings. The number of sulfonamides is 1. The fourth-order valence-corrected chi connectivity index (χ4v) is 3.17. The predicted molar refractivity (Wildman–Crippen MR) is 92.3 cm³/mol. The minimum atomic E-state index is -3.59. The molecule has 2 aromatic rings. The van der Waals surface area contributed by atoms with E-state index in [1.807, 2.05) is 12.1 Å². The summed E-state index contributed by atoms with van der Waals surface area (Å²) in [6.45, 7) is 3.66. The lowest BCUT2D eigenvalue weighted by Gasteiger charge is -2.21. The van der Waals surface area contributed by atoms with Gasteiger partial charge in [-0.05, 0) is 35.4 Å². The summed E-state index contributed by atoms with van der Waals surface area (Å²) in [4.78, 5) is 0.199. The molecule has 0 aromatic heterocycles. The van der Waals surface area contributed by atoms with Crippen molar-refractivity contribution in [2.45, 2.75) is 18.7 Å². The number of aliphatic hydroxyl groups is 1. The molecular formula is C17H22N2O3S. The number of nitrogens with two attached hydrogens (primary N) is 1. The van der Waals surface area contributed by atoms with Crippen LogP contribution in [-0.2, 0) is 10.0 Å². The molecule has 0 bridgehead atoms. The fourth-order valence-electron chi connectivity index (χ4n) is 1.93. The van der Waals surface area contributed by atoms with Crippen LogP contribution < -0.4 is 10.5 Å². The van der Waals surface area contributed by atoms with Gasteiger partial charge in [-0.1, -0.05) is 38.1 Å². The van der Waals surface area contributed by atoms with Gasteiger partial charge in [-0.25, -0.2) is 13.1 Å². The van der Waals surface area contributed by atoms with Gasteiger partial charge in [-0.3, -0.25) is 0 Å². The monoisotopic (exact) mass is 334 g/mol. The van der Waals surface area contributed by atoms with Crippen molar-refractivity contribution in [2.75, 3.05) is 18.9 Å². The molecule has 124 valence electrons. The zero-order chi connectivity index (χ0) is 17.1. The van der Waals surface area contributed by atoms with Crippen molar-refractivity contribution >= 4 is 15.7 Å². The highest BCUT2D eigenvalue weighted by Crippen LogP contribution is 2.22. The maximum Gasteiger partial charge on any atom is 0.240 e. The van der Waals surface area contributed by atoms with Crippen LogP contribution >= 0.6 is 0 Å². The Morgan fingerprint density at radius 3 is 1.96 bits per heavy atom. The molecular weight excluding hydrogens is 312 g/mol. The molecule has 0 unspecified atom stereocenters. The zero-order valence-corrected chi connectivity index (χ0v) is 14.1. The van der Waals surface area contributed by atoms with Gasteiger partial charge < -0.3 is 10.8 Å². The maximum absolute atomic E-state index is 12.3. The molecule has 0 saturated heterocycles. The molecule has 0 aliphatic rings. The quantitative estimate of drug-likeness (QED) is 0.706. The lowest BCUT2D eigenvalue weighted by Crippen LogP contribution is -2.36. The Morgan fingerprint density at radius 1 is 1.00 bits per heavy atom. The fraction of sp³-hybridized carbons (Fsp3) is 0.294. The van der Waals surface area contributed by atoms with E-state index in [1.165, 1.54) is 0 Å². The molecule has 23 heavy (non-hydrogen) atoms. The van der Waals surface area contributed by atoms with Crippen molar-refractivity contribution in [2.24, 2.45) is 5.41 Å². The smallest absolute Gasteiger partial charge is 0.240 e. The van der Waals surface area contributed by atoms with Gasteiger partial charge in [-0.2, -0.15) is 0 Å². The van der Waals surface area contributed by atoms with Gasteiger partial charge in [0.15, 0.2) is 0 Å². The lowest BCUT2D eigenvalue weighted by molar-refractivity contribution is 0.163. The Bertz CT molecular complexity index is 751. The van der Waals surface area contributed by atoms with E-state index in [-0.39, 0.29) is 18.0 Å². The second kappa shape index (κ2) is 6.70. The summed E-state index contributed by atoms with van der Waals surface area (Å²) in [6, 6.07) is 14.0. The minimum Gasteiger partial charge on any atom is -0.399 e. The topological polar surface area (TPSA) is 92.4 Å². The average Bonchev–Trinajstić information content (AvgIpc) is 2.54. The second-order valence-corrected chi connectivity index (χ2v) is 8.06. The standard InChI is InChI=1S/C17H22N2O3S/c1-17(2,12-20)11-19-23(21,22)16-9-5-14(6-10-16)13-3-7-15(18)8-4-13/h3-10,19-20H,11-12,18H2,1-2H3. The van der Waals surface area contributed by atoms with Gasteiger partial charge >= 0.3 is 0 Å². The van der Waals surface area contributed by atoms with E-state index in [0.29, 0.717) is 5.69 Å². The molecule has 6 heteroatoms. The number of anilines is 1. The average molecular weight is 334 g/mol. The van der Waals surface area contributed by atoms with Crippen molar-refractivity contribution in [1.82, 2.24) is 4.72 Å². The van der Waals surface area contributed by atoms with Crippen LogP contribution in [-0.4, -0.2) is 26.7 Å². The van der Waals surface area contributed by atoms with Gasteiger partial charge in [0.2, 0.25) is 10.0 Å². The van der Waals surface area contributed by atoms with E-state index in [1.54, 1.807) is 50.2 Å². The molecule has 0 amide bonds. The Labute approximate surface area is 137 Å². The van der Waals surface area contributed by atoms with Gasteiger partial charge in [-0.15, -0.1) is 0 Å². The first-order chi connectivity index (χ1) is 10.7. The summed E-state index contributed by atoms with van der Waals surface area (Å²) < 4.78 is 27.1. The highest BCUT2D eigenvalue weighted by atomic mass is 32.2. The van der Waals surface area contributed by atoms with E-state index < -0.39 is 15.4 Å². The van der Waals surface area contributed by atoms with Crippen LogP contribution in [0, 0.1) is 5.41 Å². The number of nitrogen functional groups attached to an aromatic ring is 1. The third kappa shape index (κ3) is 4.54. The number of hydrogen-bond acceptors (Lipinski definition) is 4. The summed E-state index contributed by atoms with van der Waals surface area (Å²) >= 11 is 0. The first-order valence-corrected chi connectivity index (χ1v) is 8.78. The second-order valence-electron chi connectivity index (χ2n) is 6.29. The van der Waals surface area contributed by atoms with Crippen molar-refractivity contribution in [1.29, 1.82) is 0 Å². The summed E-state index contributed by atoms with van der Waals surface area (Å²) in [5.41, 5.74) is 7.73. The summed E-state index contributed by atoms with van der Waals surface area (Å²) in [5.74, 6) is 0. The van der Waals surface area contributed by atoms with Crippen LogP contribution in [0.2, 0.25) is 0 Å². The molecule has 0 atom stereocenters. The molecule has 0 heterocycles. The van der Waals surface area contributed by atoms with Crippen LogP contribution in [0.3, 0.4) is 0 Å². The van der Waals surface area contributed by atoms with Crippen LogP contribution in [0.5, 0.6) is 0 Å². The molecule has 0 aliphatic heterocycles. The third-order valence-corrected chi connectivity index (χ3v) is 4.99. The largest absolute Gasteiger partial charge is 0.399 e. The number of hydrogen-bond donors (Lipinski definition) is 3. The molecule has 0 spiro atoms. The summed E-state index contributed by atoms with van der Waals surface area (Å²) in [7, 11) is -3.59. The van der Waals surface area contributed by atoms with Gasteiger partial charge in [0.25, 0.3) is 0 Å². The van der Waals surface area contributed by atoms with E-state index in [2.05, 4.69) is 4.72 Å². The zero-order valence-electron chi connectivity index (χ0n) is 13.3. The number of benzene rings is 2. The van der Waals surface area contributed by atoms with Gasteiger partial charge in [0.05, 0.1) is 4.90 Å². The van der Waals surface area contributed by atoms with Crippen LogP contribution in [0.4, 0.5) is 5.69 Å². The summed E-state index contributed by atoms with van der Waals surface area (Å²) in [6.07, 6.45) is 0. The molecule has 4 N–H and O–H groups in total. The van der Waals surface area contributed by atoms with Crippen molar-refractivity contribution < 1.29 is 13.5 Å². The van der Waals surface area contributed by atoms with Crippen LogP contribution in [0.25, 0.3) is 11.1 Å². The maximum atomic E-state index is 12.3. The van der Waals surface area contributed by atoms with E-state index in [9.17, 15) is 13.5 Å². The Kier molecular flexibility index (Phi) is 5.09. The minimum absolute atomic E-state index is 0.0917. The number of nitrogens with one attached hydrogen (secondary N) is 1. The molecule has 0 aliphatic carbocycles. The third-order valence-electron chi connectivity index (χ3n) is 3.58. The first-order valence-electron chi connectivity index (χ1n) is 7.30. The highest BCUT2D eigenvalue weighted by Gasteiger charge is 2.21. The van der Waals surface area contributed by atoms with E-state index in [0.717, 1.165) is 11.1 Å². The number of rotatable bonds is 6. The van der Waals surface area contributed by atoms with Crippen LogP contribution in [0.1, 0.15) is 13.8 Å². The molecule has 2 aromatic carbocycles. The SMILES string of the molecule is CC(C)(CO)CNS(=O)(=O)c1ccc(-c2ccc(N)cc2)cc1. The normalized spacial score (nSPS) is 12.3. The van der Waals surface area contributed by atoms with Crippen molar-refractivity contribution in [3.05, 3.63) is 48.5 Å². The first kappa shape index (κ1) is 17.5. The van der Waals surface area contributed by atoms with E-state index in [4.69, 9.17) is 5.73 Å². The summed E-state index contributed by atoms with van der Waals surface area (Å²) in [5, 5.41) is 9.20.